The van der Waals surface area contributed by atoms with Crippen molar-refractivity contribution in [1.82, 2.24) is 16.0 Å². The van der Waals surface area contributed by atoms with Crippen LogP contribution in [0.4, 0.5) is 11.4 Å². The number of fused-ring (bicyclic) bond motifs is 3. The van der Waals surface area contributed by atoms with Crippen molar-refractivity contribution in [2.45, 2.75) is 19.9 Å². The van der Waals surface area contributed by atoms with E-state index in [2.05, 4.69) is 81.0 Å². The summed E-state index contributed by atoms with van der Waals surface area (Å²) < 4.78 is 1.07. The molecule has 2 aliphatic heterocycles. The molecule has 4 rings (SSSR count). The Balaban J connectivity index is 1.92. The molecule has 1 unspecified atom stereocenters. The highest BCUT2D eigenvalue weighted by Gasteiger charge is 2.33. The number of benzene rings is 2. The number of nitrogens with one attached hydrogen (secondary N) is 2. The molecule has 0 bridgehead atoms. The van der Waals surface area contributed by atoms with Crippen molar-refractivity contribution in [3.63, 3.8) is 0 Å². The zero-order chi connectivity index (χ0) is 16.8. The molecule has 2 N–H and O–H groups in total. The average Bonchev–Trinajstić information content (AvgIpc) is 2.89. The van der Waals surface area contributed by atoms with Gasteiger partial charge in [0.25, 0.3) is 0 Å². The average molecular weight is 406 g/mol. The zero-order valence-electron chi connectivity index (χ0n) is 13.5. The second kappa shape index (κ2) is 5.99. The third-order valence-electron chi connectivity index (χ3n) is 4.49. The highest BCUT2D eigenvalue weighted by molar-refractivity contribution is 9.10. The molecule has 124 valence electrons. The second-order valence-electron chi connectivity index (χ2n) is 6.18. The third kappa shape index (κ3) is 2.57. The molecule has 0 aliphatic carbocycles. The van der Waals surface area contributed by atoms with E-state index in [1.807, 2.05) is 12.1 Å². The minimum Gasteiger partial charge on any atom is -0.339 e. The van der Waals surface area contributed by atoms with Crippen LogP contribution in [-0.4, -0.2) is 17.6 Å². The summed E-state index contributed by atoms with van der Waals surface area (Å²) in [5.41, 5.74) is 12.4. The van der Waals surface area contributed by atoms with Crippen LogP contribution in [-0.2, 0) is 0 Å². The van der Waals surface area contributed by atoms with Gasteiger partial charge in [-0.15, -0.1) is 5.53 Å². The fourth-order valence-corrected chi connectivity index (χ4v) is 3.82. The number of hydrazine groups is 2. The van der Waals surface area contributed by atoms with Crippen molar-refractivity contribution in [3.8, 4) is 0 Å². The van der Waals surface area contributed by atoms with Crippen molar-refractivity contribution in [2.24, 2.45) is 0 Å². The molecule has 0 spiro atoms. The summed E-state index contributed by atoms with van der Waals surface area (Å²) in [5, 5.41) is 2.96. The molecule has 24 heavy (non-hydrogen) atoms. The van der Waals surface area contributed by atoms with Gasteiger partial charge in [-0.1, -0.05) is 27.5 Å². The van der Waals surface area contributed by atoms with Gasteiger partial charge in [-0.25, -0.2) is 0 Å². The van der Waals surface area contributed by atoms with E-state index in [1.54, 1.807) is 0 Å². The fourth-order valence-electron chi connectivity index (χ4n) is 3.34. The van der Waals surface area contributed by atoms with Crippen LogP contribution in [0.2, 0.25) is 5.02 Å². The molecule has 0 amide bonds. The minimum atomic E-state index is 0.284. The van der Waals surface area contributed by atoms with E-state index in [-0.39, 0.29) is 6.04 Å². The molecular formula is C18H18BrClN4. The van der Waals surface area contributed by atoms with Gasteiger partial charge in [0.15, 0.2) is 0 Å². The molecule has 0 fully saturated rings. The molecule has 6 heteroatoms. The molecule has 0 radical (unpaired) electrons. The summed E-state index contributed by atoms with van der Waals surface area (Å²) >= 11 is 9.70. The predicted octanol–water partition coefficient (Wildman–Crippen LogP) is 4.66. The Morgan fingerprint density at radius 1 is 1.17 bits per heavy atom. The fraction of sp³-hybridized carbons (Fsp3) is 0.222. The Morgan fingerprint density at radius 3 is 2.67 bits per heavy atom. The number of halogens is 2. The Labute approximate surface area is 155 Å². The van der Waals surface area contributed by atoms with Gasteiger partial charge in [-0.2, -0.15) is 0 Å². The van der Waals surface area contributed by atoms with Crippen molar-refractivity contribution in [3.05, 3.63) is 63.2 Å². The highest BCUT2D eigenvalue weighted by atomic mass is 79.9. The Kier molecular flexibility index (Phi) is 3.95. The summed E-state index contributed by atoms with van der Waals surface area (Å²) in [6.07, 6.45) is 0. The number of allylic oxidation sites excluding steroid dienone is 1. The maximum Gasteiger partial charge on any atom is 0.0835 e. The first-order valence-corrected chi connectivity index (χ1v) is 9.06. The number of rotatable bonds is 1. The molecule has 0 saturated heterocycles. The topological polar surface area (TPSA) is 30.5 Å². The van der Waals surface area contributed by atoms with Crippen molar-refractivity contribution >= 4 is 44.6 Å². The summed E-state index contributed by atoms with van der Waals surface area (Å²) in [7, 11) is 0. The number of hydrogen-bond acceptors (Lipinski definition) is 4. The quantitative estimate of drug-likeness (QED) is 0.722. The van der Waals surface area contributed by atoms with Gasteiger partial charge in [-0.3, -0.25) is 5.01 Å². The normalized spacial score (nSPS) is 19.8. The SMILES string of the molecule is CC1=C2c3ccc(Br)cc3N(c3ccc(Cl)cc3)CC(C)N2NN1. The van der Waals surface area contributed by atoms with Crippen molar-refractivity contribution < 1.29 is 0 Å². The summed E-state index contributed by atoms with van der Waals surface area (Å²) in [6.45, 7) is 5.17. The first-order valence-electron chi connectivity index (χ1n) is 7.89. The van der Waals surface area contributed by atoms with Crippen LogP contribution in [0.15, 0.2) is 52.6 Å². The van der Waals surface area contributed by atoms with E-state index in [4.69, 9.17) is 11.6 Å². The molecule has 2 aromatic rings. The van der Waals surface area contributed by atoms with Crippen molar-refractivity contribution in [1.29, 1.82) is 0 Å². The Hall–Kier alpha value is -1.69. The van der Waals surface area contributed by atoms with E-state index < -0.39 is 0 Å². The van der Waals surface area contributed by atoms with E-state index in [1.165, 1.54) is 16.9 Å². The van der Waals surface area contributed by atoms with Crippen LogP contribution in [0.1, 0.15) is 19.4 Å². The summed E-state index contributed by atoms with van der Waals surface area (Å²) in [4.78, 5) is 2.35. The van der Waals surface area contributed by atoms with Gasteiger partial charge in [0.05, 0.1) is 23.1 Å². The minimum absolute atomic E-state index is 0.284. The standard InChI is InChI=1S/C18H18BrClN4/c1-11-10-23(15-6-4-14(20)5-7-15)17-9-13(19)3-8-16(17)18-12(2)21-22-24(11)18/h3-9,11,21-22H,10H2,1-2H3. The monoisotopic (exact) mass is 404 g/mol. The van der Waals surface area contributed by atoms with Crippen LogP contribution in [0, 0.1) is 0 Å². The molecule has 0 aromatic heterocycles. The number of nitrogens with zero attached hydrogens (tertiary/aromatic N) is 2. The van der Waals surface area contributed by atoms with Gasteiger partial charge in [-0.05, 0) is 56.3 Å². The Morgan fingerprint density at radius 2 is 1.92 bits per heavy atom. The number of hydrogen-bond donors (Lipinski definition) is 2. The van der Waals surface area contributed by atoms with Crippen LogP contribution >= 0.6 is 27.5 Å². The molecule has 2 aliphatic rings. The van der Waals surface area contributed by atoms with Crippen LogP contribution in [0.5, 0.6) is 0 Å². The summed E-state index contributed by atoms with van der Waals surface area (Å²) in [5.74, 6) is 0. The van der Waals surface area contributed by atoms with E-state index in [9.17, 15) is 0 Å². The maximum atomic E-state index is 6.07. The maximum absolute atomic E-state index is 6.07. The predicted molar refractivity (Wildman–Crippen MR) is 103 cm³/mol. The molecule has 0 saturated carbocycles. The zero-order valence-corrected chi connectivity index (χ0v) is 15.8. The molecule has 2 heterocycles. The molecule has 1 atom stereocenters. The third-order valence-corrected chi connectivity index (χ3v) is 5.24. The number of anilines is 2. The first kappa shape index (κ1) is 15.8. The molecule has 4 nitrogen and oxygen atoms in total. The second-order valence-corrected chi connectivity index (χ2v) is 7.53. The van der Waals surface area contributed by atoms with E-state index in [0.717, 1.165) is 27.4 Å². The lowest BCUT2D eigenvalue weighted by molar-refractivity contribution is 0.228. The first-order chi connectivity index (χ1) is 11.5. The highest BCUT2D eigenvalue weighted by Crippen LogP contribution is 2.41. The van der Waals surface area contributed by atoms with Gasteiger partial charge in [0, 0.05) is 27.3 Å². The summed E-state index contributed by atoms with van der Waals surface area (Å²) in [6, 6.07) is 14.7. The van der Waals surface area contributed by atoms with Gasteiger partial charge < -0.3 is 10.3 Å². The van der Waals surface area contributed by atoms with Gasteiger partial charge in [0.1, 0.15) is 0 Å². The smallest absolute Gasteiger partial charge is 0.0835 e. The molecular weight excluding hydrogens is 388 g/mol. The van der Waals surface area contributed by atoms with E-state index in [0.29, 0.717) is 0 Å². The van der Waals surface area contributed by atoms with E-state index >= 15 is 0 Å². The lowest BCUT2D eigenvalue weighted by atomic mass is 10.1. The Bertz CT molecular complexity index is 818. The van der Waals surface area contributed by atoms with Crippen LogP contribution < -0.4 is 15.9 Å². The van der Waals surface area contributed by atoms with Crippen molar-refractivity contribution in [2.75, 3.05) is 11.4 Å². The van der Waals surface area contributed by atoms with Crippen LogP contribution in [0.3, 0.4) is 0 Å². The lowest BCUT2D eigenvalue weighted by Gasteiger charge is -2.29. The lowest BCUT2D eigenvalue weighted by Crippen LogP contribution is -2.46. The van der Waals surface area contributed by atoms with Crippen LogP contribution in [0.25, 0.3) is 5.70 Å². The van der Waals surface area contributed by atoms with Gasteiger partial charge in [0.2, 0.25) is 0 Å². The molecule has 2 aromatic carbocycles. The largest absolute Gasteiger partial charge is 0.339 e. The van der Waals surface area contributed by atoms with Gasteiger partial charge >= 0.3 is 0 Å².